The molecule has 1 aromatic heterocycles. The summed E-state index contributed by atoms with van der Waals surface area (Å²) in [4.78, 5) is 0. The third kappa shape index (κ3) is 4.08. The maximum absolute atomic E-state index is 8.09. The quantitative estimate of drug-likeness (QED) is 0.497. The van der Waals surface area contributed by atoms with E-state index in [4.69, 9.17) is 21.0 Å². The molecule has 7 heteroatoms. The molecule has 6 nitrogen and oxygen atoms in total. The van der Waals surface area contributed by atoms with E-state index < -0.39 is 6.15 Å². The van der Waals surface area contributed by atoms with Crippen molar-refractivity contribution < 1.29 is 4.57 Å². The number of hydrogen-bond acceptors (Lipinski definition) is 4. The van der Waals surface area contributed by atoms with Crippen molar-refractivity contribution in [3.63, 3.8) is 0 Å². The van der Waals surface area contributed by atoms with Crippen LogP contribution >= 0.6 is 0 Å². The maximum atomic E-state index is 8.09. The molecule has 0 aliphatic rings. The van der Waals surface area contributed by atoms with Gasteiger partial charge in [-0.3, -0.25) is 0 Å². The molecule has 0 N–H and O–H groups in total. The SMILES string of the molecule is CC[n+]1ccn(C)c1.N#C[B-](C#N)(C#N)C#N. The van der Waals surface area contributed by atoms with E-state index in [9.17, 15) is 0 Å². The first-order chi connectivity index (χ1) is 8.07. The lowest BCUT2D eigenvalue weighted by Gasteiger charge is -1.98. The molecule has 0 bridgehead atoms. The summed E-state index contributed by atoms with van der Waals surface area (Å²) in [5, 5.41) is 32.3. The number of imidazole rings is 1. The van der Waals surface area contributed by atoms with Gasteiger partial charge in [0.05, 0.1) is 13.6 Å². The Morgan fingerprint density at radius 2 is 1.59 bits per heavy atom. The van der Waals surface area contributed by atoms with Crippen molar-refractivity contribution in [2.24, 2.45) is 7.05 Å². The molecule has 1 rings (SSSR count). The Kier molecular flexibility index (Phi) is 5.58. The molecule has 0 saturated heterocycles. The highest BCUT2D eigenvalue weighted by atomic mass is 15.1. The van der Waals surface area contributed by atoms with Gasteiger partial charge in [0.25, 0.3) is 0 Å². The number of hydrogen-bond donors (Lipinski definition) is 0. The second-order valence-corrected chi connectivity index (χ2v) is 3.29. The third-order valence-electron chi connectivity index (χ3n) is 1.96. The zero-order valence-corrected chi connectivity index (χ0v) is 9.70. The molecule has 1 heterocycles. The number of aryl methyl sites for hydroxylation is 2. The van der Waals surface area contributed by atoms with Crippen LogP contribution in [0.15, 0.2) is 18.7 Å². The molecule has 0 aliphatic carbocycles. The summed E-state index contributed by atoms with van der Waals surface area (Å²) < 4.78 is 4.16. The maximum Gasteiger partial charge on any atom is 0.383 e. The smallest absolute Gasteiger partial charge is 0.245 e. The summed E-state index contributed by atoms with van der Waals surface area (Å²) in [7, 11) is 2.02. The minimum Gasteiger partial charge on any atom is -0.245 e. The molecular weight excluding hydrogens is 215 g/mol. The summed E-state index contributed by atoms with van der Waals surface area (Å²) in [6.45, 7) is 3.18. The molecule has 0 aromatic carbocycles. The third-order valence-corrected chi connectivity index (χ3v) is 1.96. The average Bonchev–Trinajstić information content (AvgIpc) is 2.80. The van der Waals surface area contributed by atoms with E-state index in [1.807, 2.05) is 17.8 Å². The van der Waals surface area contributed by atoms with Crippen molar-refractivity contribution in [3.8, 4) is 23.9 Å². The van der Waals surface area contributed by atoms with Gasteiger partial charge in [-0.05, 0) is 6.92 Å². The molecule has 84 valence electrons. The molecule has 0 spiro atoms. The lowest BCUT2D eigenvalue weighted by atomic mass is 9.30. The fourth-order valence-electron chi connectivity index (χ4n) is 0.862. The summed E-state index contributed by atoms with van der Waals surface area (Å²) in [5.74, 6) is 5.38. The molecule has 0 radical (unpaired) electrons. The van der Waals surface area contributed by atoms with Gasteiger partial charge in [-0.2, -0.15) is 0 Å². The van der Waals surface area contributed by atoms with Crippen molar-refractivity contribution in [3.05, 3.63) is 18.7 Å². The van der Waals surface area contributed by atoms with Crippen molar-refractivity contribution >= 4 is 6.15 Å². The first-order valence-corrected chi connectivity index (χ1v) is 4.89. The Hall–Kier alpha value is -2.77. The van der Waals surface area contributed by atoms with E-state index in [0.29, 0.717) is 0 Å². The molecular formula is C10H11BN6. The van der Waals surface area contributed by atoms with Gasteiger partial charge in [0.2, 0.25) is 6.33 Å². The zero-order valence-electron chi connectivity index (χ0n) is 9.70. The molecule has 0 fully saturated rings. The number of nitriles is 4. The molecule has 0 atom stereocenters. The number of aromatic nitrogens is 2. The molecule has 0 amide bonds. The normalized spacial score (nSPS) is 8.59. The van der Waals surface area contributed by atoms with Crippen LogP contribution < -0.4 is 4.57 Å². The lowest BCUT2D eigenvalue weighted by Crippen LogP contribution is -2.28. The van der Waals surface area contributed by atoms with Gasteiger partial charge >= 0.3 is 6.15 Å². The van der Waals surface area contributed by atoms with Crippen LogP contribution in [0.5, 0.6) is 0 Å². The Morgan fingerprint density at radius 3 is 1.71 bits per heavy atom. The van der Waals surface area contributed by atoms with Gasteiger partial charge in [-0.25, -0.2) is 30.2 Å². The summed E-state index contributed by atoms with van der Waals surface area (Å²) in [6.07, 6.45) is 3.42. The van der Waals surface area contributed by atoms with Crippen LogP contribution in [0.1, 0.15) is 6.92 Å². The number of nitrogens with zero attached hydrogens (tertiary/aromatic N) is 6. The molecule has 1 aromatic rings. The highest BCUT2D eigenvalue weighted by Gasteiger charge is 2.22. The van der Waals surface area contributed by atoms with E-state index in [1.54, 1.807) is 0 Å². The predicted molar refractivity (Wildman–Crippen MR) is 59.5 cm³/mol. The minimum atomic E-state index is -2.72. The first-order valence-electron chi connectivity index (χ1n) is 4.89. The van der Waals surface area contributed by atoms with Crippen LogP contribution in [0.4, 0.5) is 0 Å². The summed E-state index contributed by atoms with van der Waals surface area (Å²) in [5.41, 5.74) is 0. The van der Waals surface area contributed by atoms with E-state index in [2.05, 4.69) is 24.0 Å². The average molecular weight is 226 g/mol. The Balaban J connectivity index is 0.000000302. The summed E-state index contributed by atoms with van der Waals surface area (Å²) in [6, 6.07) is 0. The first kappa shape index (κ1) is 14.2. The molecule has 0 aliphatic heterocycles. The topological polar surface area (TPSA) is 104 Å². The zero-order chi connectivity index (χ0) is 13.3. The van der Waals surface area contributed by atoms with Gasteiger partial charge in [0.1, 0.15) is 12.4 Å². The van der Waals surface area contributed by atoms with Crippen molar-refractivity contribution in [2.75, 3.05) is 0 Å². The van der Waals surface area contributed by atoms with Gasteiger partial charge in [0, 0.05) is 0 Å². The van der Waals surface area contributed by atoms with E-state index in [1.165, 1.54) is 23.9 Å². The highest BCUT2D eigenvalue weighted by molar-refractivity contribution is 7.05. The number of rotatable bonds is 1. The van der Waals surface area contributed by atoms with Gasteiger partial charge < -0.3 is 0 Å². The van der Waals surface area contributed by atoms with Gasteiger partial charge in [-0.1, -0.05) is 0 Å². The molecule has 17 heavy (non-hydrogen) atoms. The Morgan fingerprint density at radius 1 is 1.12 bits per heavy atom. The van der Waals surface area contributed by atoms with Crippen molar-refractivity contribution in [2.45, 2.75) is 13.5 Å². The minimum absolute atomic E-state index is 1.06. The molecule has 0 saturated carbocycles. The standard InChI is InChI=1S/C6H11N2.C4BN4/c1-3-8-5-4-7(2)6-8;6-1-5(2-7,3-8)4-9/h4-6H,3H2,1-2H3;/q+1;-1. The van der Waals surface area contributed by atoms with Crippen LogP contribution in [0.2, 0.25) is 0 Å². The second kappa shape index (κ2) is 6.67. The van der Waals surface area contributed by atoms with Crippen molar-refractivity contribution in [1.29, 1.82) is 21.0 Å². The van der Waals surface area contributed by atoms with E-state index in [-0.39, 0.29) is 0 Å². The van der Waals surface area contributed by atoms with Crippen LogP contribution in [0.25, 0.3) is 0 Å². The fourth-order valence-corrected chi connectivity index (χ4v) is 0.862. The van der Waals surface area contributed by atoms with Gasteiger partial charge in [-0.15, -0.1) is 23.9 Å². The second-order valence-electron chi connectivity index (χ2n) is 3.29. The Bertz CT molecular complexity index is 471. The van der Waals surface area contributed by atoms with Crippen molar-refractivity contribution in [1.82, 2.24) is 4.57 Å². The van der Waals surface area contributed by atoms with Crippen LogP contribution in [0, 0.1) is 44.9 Å². The largest absolute Gasteiger partial charge is 0.383 e. The summed E-state index contributed by atoms with van der Waals surface area (Å²) >= 11 is 0. The van der Waals surface area contributed by atoms with Crippen LogP contribution in [-0.4, -0.2) is 10.7 Å². The molecule has 0 unspecified atom stereocenters. The van der Waals surface area contributed by atoms with E-state index >= 15 is 0 Å². The van der Waals surface area contributed by atoms with Gasteiger partial charge in [0.15, 0.2) is 0 Å². The van der Waals surface area contributed by atoms with Crippen LogP contribution in [-0.2, 0) is 13.6 Å². The van der Waals surface area contributed by atoms with Crippen LogP contribution in [0.3, 0.4) is 0 Å². The van der Waals surface area contributed by atoms with E-state index in [0.717, 1.165) is 6.54 Å². The lowest BCUT2D eigenvalue weighted by molar-refractivity contribution is -0.693. The predicted octanol–water partition coefficient (Wildman–Crippen LogP) is 0.0188. The monoisotopic (exact) mass is 226 g/mol. The highest BCUT2D eigenvalue weighted by Crippen LogP contribution is 1.92. The fraction of sp³-hybridized carbons (Fsp3) is 0.300. The Labute approximate surface area is 100 Å².